The van der Waals surface area contributed by atoms with E-state index in [0.29, 0.717) is 18.7 Å². The predicted molar refractivity (Wildman–Crippen MR) is 108 cm³/mol. The van der Waals surface area contributed by atoms with Crippen LogP contribution in [0, 0.1) is 0 Å². The number of hydrogen-bond donors (Lipinski definition) is 2. The molecule has 2 N–H and O–H groups in total. The predicted octanol–water partition coefficient (Wildman–Crippen LogP) is 4.08. The Kier molecular flexibility index (Phi) is 5.44. The molecule has 142 valence electrons. The van der Waals surface area contributed by atoms with Gasteiger partial charge in [0.25, 0.3) is 0 Å². The van der Waals surface area contributed by atoms with Crippen LogP contribution in [0.1, 0.15) is 37.3 Å². The summed E-state index contributed by atoms with van der Waals surface area (Å²) in [7, 11) is 0. The van der Waals surface area contributed by atoms with E-state index in [9.17, 15) is 4.79 Å². The Morgan fingerprint density at radius 2 is 1.59 bits per heavy atom. The van der Waals surface area contributed by atoms with E-state index in [1.54, 1.807) is 0 Å². The molecule has 2 fully saturated rings. The molecule has 2 aliphatic heterocycles. The Hall–Kier alpha value is -2.33. The monoisotopic (exact) mass is 364 g/mol. The van der Waals surface area contributed by atoms with Crippen molar-refractivity contribution in [3.05, 3.63) is 59.7 Å². The first-order valence-electron chi connectivity index (χ1n) is 10.0. The lowest BCUT2D eigenvalue weighted by atomic mass is 9.98. The van der Waals surface area contributed by atoms with Crippen LogP contribution in [0.25, 0.3) is 11.1 Å². The number of aryl methyl sites for hydroxylation is 1. The second kappa shape index (κ2) is 8.13. The number of benzene rings is 2. The van der Waals surface area contributed by atoms with E-state index in [-0.39, 0.29) is 12.1 Å². The van der Waals surface area contributed by atoms with Crippen LogP contribution in [0.4, 0.5) is 4.79 Å². The molecule has 0 aliphatic carbocycles. The van der Waals surface area contributed by atoms with Crippen LogP contribution in [0.2, 0.25) is 0 Å². The molecule has 4 heteroatoms. The molecule has 0 bridgehead atoms. The zero-order valence-electron chi connectivity index (χ0n) is 15.9. The Labute approximate surface area is 161 Å². The molecular formula is C23H28N2O2. The van der Waals surface area contributed by atoms with Crippen LogP contribution in [0.3, 0.4) is 0 Å². The van der Waals surface area contributed by atoms with E-state index < -0.39 is 0 Å². The molecule has 0 spiro atoms. The van der Waals surface area contributed by atoms with Gasteiger partial charge in [-0.05, 0) is 61.3 Å². The molecule has 4 nitrogen and oxygen atoms in total. The number of carbonyl (C=O) groups is 1. The van der Waals surface area contributed by atoms with Crippen molar-refractivity contribution < 1.29 is 9.53 Å². The summed E-state index contributed by atoms with van der Waals surface area (Å²) in [5.41, 5.74) is 5.09. The molecule has 27 heavy (non-hydrogen) atoms. The third-order valence-electron chi connectivity index (χ3n) is 5.71. The maximum absolute atomic E-state index is 11.1. The van der Waals surface area contributed by atoms with Crippen LogP contribution in [0.15, 0.2) is 48.5 Å². The second-order valence-corrected chi connectivity index (χ2v) is 7.92. The molecule has 2 saturated heterocycles. The quantitative estimate of drug-likeness (QED) is 0.812. The van der Waals surface area contributed by atoms with Crippen molar-refractivity contribution in [1.29, 1.82) is 0 Å². The third-order valence-corrected chi connectivity index (χ3v) is 5.71. The molecule has 2 unspecified atom stereocenters. The summed E-state index contributed by atoms with van der Waals surface area (Å²) in [4.78, 5) is 11.1. The van der Waals surface area contributed by atoms with Gasteiger partial charge in [-0.2, -0.15) is 0 Å². The van der Waals surface area contributed by atoms with Gasteiger partial charge in [0.1, 0.15) is 6.61 Å². The average Bonchev–Trinajstić information content (AvgIpc) is 3.29. The van der Waals surface area contributed by atoms with Crippen LogP contribution in [0.5, 0.6) is 0 Å². The smallest absolute Gasteiger partial charge is 0.407 e. The summed E-state index contributed by atoms with van der Waals surface area (Å²) in [5, 5.41) is 6.49. The maximum atomic E-state index is 11.1. The van der Waals surface area contributed by atoms with E-state index in [4.69, 9.17) is 4.74 Å². The van der Waals surface area contributed by atoms with Crippen LogP contribution < -0.4 is 10.6 Å². The Bertz CT molecular complexity index is 770. The zero-order valence-corrected chi connectivity index (χ0v) is 15.9. The van der Waals surface area contributed by atoms with Crippen molar-refractivity contribution in [3.8, 4) is 11.1 Å². The largest absolute Gasteiger partial charge is 0.447 e. The molecule has 1 amide bonds. The van der Waals surface area contributed by atoms with Gasteiger partial charge in [-0.1, -0.05) is 48.5 Å². The number of hydrogen-bond acceptors (Lipinski definition) is 3. The highest BCUT2D eigenvalue weighted by atomic mass is 16.6. The topological polar surface area (TPSA) is 50.4 Å². The van der Waals surface area contributed by atoms with Crippen LogP contribution in [-0.4, -0.2) is 30.8 Å². The first kappa shape index (κ1) is 18.1. The molecule has 3 atom stereocenters. The fourth-order valence-corrected chi connectivity index (χ4v) is 4.11. The highest BCUT2D eigenvalue weighted by Crippen LogP contribution is 2.23. The Balaban J connectivity index is 1.32. The second-order valence-electron chi connectivity index (χ2n) is 7.92. The number of alkyl carbamates (subject to hydrolysis) is 1. The average molecular weight is 364 g/mol. The van der Waals surface area contributed by atoms with Crippen molar-refractivity contribution >= 4 is 6.09 Å². The molecule has 2 aromatic carbocycles. The van der Waals surface area contributed by atoms with Gasteiger partial charge in [0.2, 0.25) is 0 Å². The number of amides is 1. The molecule has 0 saturated carbocycles. The molecular weight excluding hydrogens is 336 g/mol. The lowest BCUT2D eigenvalue weighted by Crippen LogP contribution is -2.28. The van der Waals surface area contributed by atoms with Crippen molar-refractivity contribution in [1.82, 2.24) is 10.6 Å². The molecule has 0 aromatic heterocycles. The maximum Gasteiger partial charge on any atom is 0.407 e. The number of cyclic esters (lactones) is 1. The van der Waals surface area contributed by atoms with Gasteiger partial charge in [0.15, 0.2) is 0 Å². The van der Waals surface area contributed by atoms with Gasteiger partial charge < -0.3 is 15.4 Å². The number of rotatable bonds is 6. The fourth-order valence-electron chi connectivity index (χ4n) is 4.11. The van der Waals surface area contributed by atoms with Crippen molar-refractivity contribution in [2.24, 2.45) is 0 Å². The van der Waals surface area contributed by atoms with E-state index >= 15 is 0 Å². The van der Waals surface area contributed by atoms with Gasteiger partial charge in [0, 0.05) is 12.1 Å². The lowest BCUT2D eigenvalue weighted by Gasteiger charge is -2.12. The van der Waals surface area contributed by atoms with Crippen molar-refractivity contribution in [2.75, 3.05) is 6.61 Å². The summed E-state index contributed by atoms with van der Waals surface area (Å²) in [5.74, 6) is 0. The minimum absolute atomic E-state index is 0.0833. The molecule has 2 heterocycles. The van der Waals surface area contributed by atoms with E-state index in [1.165, 1.54) is 41.5 Å². The number of carbonyl (C=O) groups excluding carboxylic acids is 1. The Morgan fingerprint density at radius 1 is 0.926 bits per heavy atom. The van der Waals surface area contributed by atoms with Gasteiger partial charge in [0.05, 0.1) is 6.04 Å². The van der Waals surface area contributed by atoms with E-state index in [1.807, 2.05) is 0 Å². The van der Waals surface area contributed by atoms with Gasteiger partial charge in [-0.15, -0.1) is 0 Å². The lowest BCUT2D eigenvalue weighted by molar-refractivity contribution is 0.177. The van der Waals surface area contributed by atoms with Gasteiger partial charge in [-0.25, -0.2) is 4.79 Å². The van der Waals surface area contributed by atoms with Gasteiger partial charge >= 0.3 is 6.09 Å². The Morgan fingerprint density at radius 3 is 2.15 bits per heavy atom. The molecule has 2 aliphatic rings. The zero-order chi connectivity index (χ0) is 18.6. The minimum Gasteiger partial charge on any atom is -0.447 e. The van der Waals surface area contributed by atoms with E-state index in [2.05, 4.69) is 66.1 Å². The SMILES string of the molecule is C[C@@H]1CCC(CCc2ccc(-c3ccc(CC4COC(=O)N4)cc3)cc2)N1. The standard InChI is InChI=1S/C23H28N2O2/c1-16-2-12-21(24-16)13-7-17-3-8-19(9-4-17)20-10-5-18(6-11-20)14-22-15-27-23(26)25-22/h3-6,8-11,16,21-22,24H,2,7,12-15H2,1H3,(H,25,26)/t16-,21?,22?/m1/s1. The van der Waals surface area contributed by atoms with Crippen LogP contribution in [-0.2, 0) is 17.6 Å². The van der Waals surface area contributed by atoms with Crippen LogP contribution >= 0.6 is 0 Å². The van der Waals surface area contributed by atoms with E-state index in [0.717, 1.165) is 12.8 Å². The first-order chi connectivity index (χ1) is 13.2. The summed E-state index contributed by atoms with van der Waals surface area (Å²) < 4.78 is 4.95. The normalized spacial score (nSPS) is 24.6. The van der Waals surface area contributed by atoms with Crippen molar-refractivity contribution in [2.45, 2.75) is 57.2 Å². The summed E-state index contributed by atoms with van der Waals surface area (Å²) in [6, 6.07) is 19.0. The van der Waals surface area contributed by atoms with Crippen molar-refractivity contribution in [3.63, 3.8) is 0 Å². The molecule has 2 aromatic rings. The summed E-state index contributed by atoms with van der Waals surface area (Å²) >= 11 is 0. The summed E-state index contributed by atoms with van der Waals surface area (Å²) in [6.45, 7) is 2.73. The third kappa shape index (κ3) is 4.69. The molecule has 4 rings (SSSR count). The molecule has 0 radical (unpaired) electrons. The number of nitrogens with one attached hydrogen (secondary N) is 2. The highest BCUT2D eigenvalue weighted by Gasteiger charge is 2.22. The minimum atomic E-state index is -0.310. The first-order valence-corrected chi connectivity index (χ1v) is 10.0. The fraction of sp³-hybridized carbons (Fsp3) is 0.435. The summed E-state index contributed by atoms with van der Waals surface area (Å²) in [6.07, 6.45) is 5.47. The number of ether oxygens (including phenoxy) is 1. The highest BCUT2D eigenvalue weighted by molar-refractivity contribution is 5.69. The van der Waals surface area contributed by atoms with Gasteiger partial charge in [-0.3, -0.25) is 0 Å².